The molecule has 14 heavy (non-hydrogen) atoms. The van der Waals surface area contributed by atoms with Crippen LogP contribution in [0.15, 0.2) is 12.5 Å². The maximum Gasteiger partial charge on any atom is 0.169 e. The highest BCUT2D eigenvalue weighted by Gasteiger charge is 2.18. The lowest BCUT2D eigenvalue weighted by Gasteiger charge is -2.31. The Bertz CT molecular complexity index is 268. The Kier molecular flexibility index (Phi) is 2.88. The quantitative estimate of drug-likeness (QED) is 0.718. The summed E-state index contributed by atoms with van der Waals surface area (Å²) in [6, 6.07) is 0. The van der Waals surface area contributed by atoms with E-state index in [9.17, 15) is 0 Å². The van der Waals surface area contributed by atoms with Gasteiger partial charge in [0.2, 0.25) is 0 Å². The summed E-state index contributed by atoms with van der Waals surface area (Å²) in [5, 5.41) is 7.81. The Balaban J connectivity index is 1.96. The molecule has 0 amide bonds. The normalized spacial score (nSPS) is 18.5. The van der Waals surface area contributed by atoms with Crippen molar-refractivity contribution >= 4 is 5.82 Å². The van der Waals surface area contributed by atoms with E-state index in [2.05, 4.69) is 20.1 Å². The summed E-state index contributed by atoms with van der Waals surface area (Å²) in [7, 11) is 0. The van der Waals surface area contributed by atoms with Crippen LogP contribution in [-0.2, 0) is 0 Å². The van der Waals surface area contributed by atoms with Gasteiger partial charge in [0.15, 0.2) is 5.82 Å². The molecule has 0 unspecified atom stereocenters. The van der Waals surface area contributed by atoms with Gasteiger partial charge in [-0.05, 0) is 25.3 Å². The van der Waals surface area contributed by atoms with Crippen molar-refractivity contribution in [1.29, 1.82) is 0 Å². The molecule has 0 atom stereocenters. The summed E-state index contributed by atoms with van der Waals surface area (Å²) in [6.45, 7) is 2.83. The molecule has 2 heterocycles. The van der Waals surface area contributed by atoms with Crippen molar-refractivity contribution in [1.82, 2.24) is 15.2 Å². The van der Waals surface area contributed by atoms with Crippen molar-refractivity contribution in [2.75, 3.05) is 24.5 Å². The molecule has 5 heteroatoms. The molecular formula is C9H15N5. The smallest absolute Gasteiger partial charge is 0.169 e. The number of hydrogen-bond acceptors (Lipinski definition) is 5. The summed E-state index contributed by atoms with van der Waals surface area (Å²) >= 11 is 0. The summed E-state index contributed by atoms with van der Waals surface area (Å²) in [5.74, 6) is 1.55. The summed E-state index contributed by atoms with van der Waals surface area (Å²) < 4.78 is 0. The van der Waals surface area contributed by atoms with Gasteiger partial charge in [0, 0.05) is 13.1 Å². The average Bonchev–Trinajstić information content (AvgIpc) is 2.30. The molecule has 5 nitrogen and oxygen atoms in total. The first-order chi connectivity index (χ1) is 6.90. The molecule has 0 spiro atoms. The first kappa shape index (κ1) is 9.33. The molecule has 1 aliphatic rings. The fraction of sp³-hybridized carbons (Fsp3) is 0.667. The van der Waals surface area contributed by atoms with Crippen LogP contribution < -0.4 is 10.6 Å². The highest BCUT2D eigenvalue weighted by atomic mass is 15.3. The molecule has 1 aliphatic heterocycles. The maximum absolute atomic E-state index is 5.63. The topological polar surface area (TPSA) is 67.9 Å². The zero-order valence-electron chi connectivity index (χ0n) is 8.13. The number of hydrogen-bond donors (Lipinski definition) is 1. The van der Waals surface area contributed by atoms with Crippen molar-refractivity contribution in [3.8, 4) is 0 Å². The predicted molar refractivity (Wildman–Crippen MR) is 53.8 cm³/mol. The van der Waals surface area contributed by atoms with Crippen LogP contribution in [0.3, 0.4) is 0 Å². The minimum Gasteiger partial charge on any atom is -0.354 e. The van der Waals surface area contributed by atoms with Gasteiger partial charge in [-0.2, -0.15) is 0 Å². The van der Waals surface area contributed by atoms with Crippen molar-refractivity contribution in [2.24, 2.45) is 11.7 Å². The van der Waals surface area contributed by atoms with E-state index in [0.717, 1.165) is 38.3 Å². The molecule has 76 valence electrons. The van der Waals surface area contributed by atoms with Crippen LogP contribution in [0, 0.1) is 5.92 Å². The lowest BCUT2D eigenvalue weighted by atomic mass is 9.97. The van der Waals surface area contributed by atoms with E-state index in [4.69, 9.17) is 5.73 Å². The van der Waals surface area contributed by atoms with E-state index in [0.29, 0.717) is 5.92 Å². The Labute approximate surface area is 83.3 Å². The van der Waals surface area contributed by atoms with Crippen LogP contribution in [0.2, 0.25) is 0 Å². The summed E-state index contributed by atoms with van der Waals surface area (Å²) in [4.78, 5) is 6.17. The zero-order valence-corrected chi connectivity index (χ0v) is 8.13. The van der Waals surface area contributed by atoms with E-state index < -0.39 is 0 Å². The number of anilines is 1. The maximum atomic E-state index is 5.63. The van der Waals surface area contributed by atoms with Crippen LogP contribution in [0.4, 0.5) is 5.82 Å². The number of nitrogens with zero attached hydrogens (tertiary/aromatic N) is 4. The minimum atomic E-state index is 0.677. The summed E-state index contributed by atoms with van der Waals surface area (Å²) in [5.41, 5.74) is 5.63. The van der Waals surface area contributed by atoms with Crippen LogP contribution in [-0.4, -0.2) is 34.8 Å². The Morgan fingerprint density at radius 2 is 2.21 bits per heavy atom. The highest BCUT2D eigenvalue weighted by molar-refractivity contribution is 5.34. The second-order valence-corrected chi connectivity index (χ2v) is 3.63. The van der Waals surface area contributed by atoms with Crippen molar-refractivity contribution in [3.05, 3.63) is 12.5 Å². The van der Waals surface area contributed by atoms with Crippen LogP contribution in [0.25, 0.3) is 0 Å². The standard InChI is InChI=1S/C9H15N5/c10-5-8-1-3-14(4-2-8)9-6-11-7-12-13-9/h6-8H,1-5,10H2. The highest BCUT2D eigenvalue weighted by Crippen LogP contribution is 2.19. The van der Waals surface area contributed by atoms with Gasteiger partial charge in [-0.15, -0.1) is 10.2 Å². The van der Waals surface area contributed by atoms with Crippen molar-refractivity contribution < 1.29 is 0 Å². The summed E-state index contributed by atoms with van der Waals surface area (Å²) in [6.07, 6.45) is 5.51. The van der Waals surface area contributed by atoms with E-state index in [1.807, 2.05) is 0 Å². The average molecular weight is 193 g/mol. The van der Waals surface area contributed by atoms with Gasteiger partial charge >= 0.3 is 0 Å². The second kappa shape index (κ2) is 4.32. The number of nitrogens with two attached hydrogens (primary N) is 1. The van der Waals surface area contributed by atoms with Crippen LogP contribution >= 0.6 is 0 Å². The van der Waals surface area contributed by atoms with Gasteiger partial charge < -0.3 is 10.6 Å². The lowest BCUT2D eigenvalue weighted by molar-refractivity contribution is 0.412. The Morgan fingerprint density at radius 1 is 1.43 bits per heavy atom. The minimum absolute atomic E-state index is 0.677. The molecule has 1 saturated heterocycles. The third-order valence-corrected chi connectivity index (χ3v) is 2.74. The fourth-order valence-electron chi connectivity index (χ4n) is 1.78. The number of piperidine rings is 1. The Hall–Kier alpha value is -1.23. The third-order valence-electron chi connectivity index (χ3n) is 2.74. The molecule has 0 radical (unpaired) electrons. The van der Waals surface area contributed by atoms with Crippen LogP contribution in [0.5, 0.6) is 0 Å². The molecule has 0 aliphatic carbocycles. The lowest BCUT2D eigenvalue weighted by Crippen LogP contribution is -2.36. The van der Waals surface area contributed by atoms with Gasteiger partial charge in [0.05, 0.1) is 6.20 Å². The SMILES string of the molecule is NCC1CCN(c2cncnn2)CC1. The molecule has 2 rings (SSSR count). The number of aromatic nitrogens is 3. The van der Waals surface area contributed by atoms with Gasteiger partial charge in [-0.1, -0.05) is 0 Å². The first-order valence-electron chi connectivity index (χ1n) is 4.98. The van der Waals surface area contributed by atoms with E-state index >= 15 is 0 Å². The van der Waals surface area contributed by atoms with Crippen LogP contribution in [0.1, 0.15) is 12.8 Å². The molecule has 0 bridgehead atoms. The molecule has 1 aromatic rings. The van der Waals surface area contributed by atoms with Crippen molar-refractivity contribution in [3.63, 3.8) is 0 Å². The first-order valence-corrected chi connectivity index (χ1v) is 4.98. The zero-order chi connectivity index (χ0) is 9.80. The van der Waals surface area contributed by atoms with Gasteiger partial charge in [-0.3, -0.25) is 0 Å². The van der Waals surface area contributed by atoms with E-state index in [1.54, 1.807) is 6.20 Å². The largest absolute Gasteiger partial charge is 0.354 e. The third kappa shape index (κ3) is 1.98. The predicted octanol–water partition coefficient (Wildman–Crippen LogP) is 0.0467. The molecular weight excluding hydrogens is 178 g/mol. The Morgan fingerprint density at radius 3 is 2.79 bits per heavy atom. The molecule has 0 aromatic carbocycles. The fourth-order valence-corrected chi connectivity index (χ4v) is 1.78. The molecule has 1 aromatic heterocycles. The van der Waals surface area contributed by atoms with E-state index in [-0.39, 0.29) is 0 Å². The molecule has 0 saturated carbocycles. The van der Waals surface area contributed by atoms with Gasteiger partial charge in [-0.25, -0.2) is 4.98 Å². The molecule has 1 fully saturated rings. The van der Waals surface area contributed by atoms with Crippen molar-refractivity contribution in [2.45, 2.75) is 12.8 Å². The van der Waals surface area contributed by atoms with Gasteiger partial charge in [0.25, 0.3) is 0 Å². The molecule has 2 N–H and O–H groups in total. The monoisotopic (exact) mass is 193 g/mol. The van der Waals surface area contributed by atoms with Gasteiger partial charge in [0.1, 0.15) is 6.33 Å². The number of rotatable bonds is 2. The second-order valence-electron chi connectivity index (χ2n) is 3.63. The van der Waals surface area contributed by atoms with E-state index in [1.165, 1.54) is 6.33 Å².